The molecular formula is C63H82N16O14. The molecule has 4 aromatic carbocycles. The number of nitrogens with two attached hydrogens (primary N) is 4. The zero-order chi connectivity index (χ0) is 68.3. The molecule has 0 radical (unpaired) electrons. The van der Waals surface area contributed by atoms with Crippen LogP contribution in [0.3, 0.4) is 0 Å². The molecule has 0 aliphatic carbocycles. The summed E-state index contributed by atoms with van der Waals surface area (Å²) in [6, 6.07) is 16.5. The molecule has 5 rings (SSSR count). The summed E-state index contributed by atoms with van der Waals surface area (Å²) in [5, 5.41) is 52.9. The van der Waals surface area contributed by atoms with Gasteiger partial charge in [-0.05, 0) is 79.0 Å². The number of fused-ring (bicyclic) bond motifs is 1. The number of aromatic nitrogens is 1. The molecule has 0 unspecified atom stereocenters. The van der Waals surface area contributed by atoms with E-state index in [1.165, 1.54) is 31.2 Å². The number of H-pyrrole nitrogens is 1. The van der Waals surface area contributed by atoms with Crippen LogP contribution in [0.4, 0.5) is 0 Å². The molecular weight excluding hydrogens is 1200 g/mol. The Morgan fingerprint density at radius 3 is 1.55 bits per heavy atom. The maximum Gasteiger partial charge on any atom is 0.326 e. The maximum atomic E-state index is 14.4. The van der Waals surface area contributed by atoms with Crippen molar-refractivity contribution in [2.75, 3.05) is 13.1 Å². The Morgan fingerprint density at radius 2 is 0.968 bits per heavy atom. The number of aromatic hydroxyl groups is 1. The van der Waals surface area contributed by atoms with E-state index < -0.39 is 145 Å². The van der Waals surface area contributed by atoms with Crippen LogP contribution in [0, 0.1) is 11.3 Å². The van der Waals surface area contributed by atoms with E-state index in [2.05, 4.69) is 58.2 Å². The summed E-state index contributed by atoms with van der Waals surface area (Å²) < 4.78 is 0. The third-order valence-corrected chi connectivity index (χ3v) is 14.5. The van der Waals surface area contributed by atoms with E-state index in [0.717, 1.165) is 0 Å². The van der Waals surface area contributed by atoms with E-state index in [-0.39, 0.29) is 69.1 Å². The van der Waals surface area contributed by atoms with Crippen LogP contribution >= 0.6 is 0 Å². The van der Waals surface area contributed by atoms with E-state index >= 15 is 0 Å². The van der Waals surface area contributed by atoms with Crippen LogP contribution < -0.4 is 76.1 Å². The van der Waals surface area contributed by atoms with Crippen molar-refractivity contribution in [2.45, 2.75) is 133 Å². The fraction of sp³-hybridized carbons (Fsp3) is 0.381. The maximum absolute atomic E-state index is 14.4. The fourth-order valence-electron chi connectivity index (χ4n) is 9.72. The Hall–Kier alpha value is -10.9. The van der Waals surface area contributed by atoms with Crippen LogP contribution in [0.5, 0.6) is 5.75 Å². The quantitative estimate of drug-likeness (QED) is 0.0112. The molecule has 1 heterocycles. The summed E-state index contributed by atoms with van der Waals surface area (Å²) in [6.45, 7) is 4.16. The lowest BCUT2D eigenvalue weighted by Crippen LogP contribution is -2.60. The molecule has 0 saturated carbocycles. The van der Waals surface area contributed by atoms with Crippen LogP contribution in [-0.4, -0.2) is 160 Å². The van der Waals surface area contributed by atoms with Gasteiger partial charge in [-0.2, -0.15) is 0 Å². The second-order valence-corrected chi connectivity index (χ2v) is 22.6. The Labute approximate surface area is 535 Å². The molecule has 9 atom stereocenters. The van der Waals surface area contributed by atoms with Crippen molar-refractivity contribution in [3.8, 4) is 5.75 Å². The molecule has 1 aromatic heterocycles. The molecule has 498 valence electrons. The summed E-state index contributed by atoms with van der Waals surface area (Å²) in [4.78, 5) is 165. The second-order valence-electron chi connectivity index (χ2n) is 22.6. The molecule has 22 N–H and O–H groups in total. The average molecular weight is 1290 g/mol. The molecule has 0 saturated heterocycles. The van der Waals surface area contributed by atoms with Gasteiger partial charge in [-0.25, -0.2) is 4.79 Å². The highest BCUT2D eigenvalue weighted by Gasteiger charge is 2.35. The number of rotatable bonds is 37. The zero-order valence-corrected chi connectivity index (χ0v) is 51.6. The third kappa shape index (κ3) is 24.8. The van der Waals surface area contributed by atoms with E-state index in [1.807, 2.05) is 0 Å². The minimum atomic E-state index is -1.80. The summed E-state index contributed by atoms with van der Waals surface area (Å²) in [5.41, 5.74) is 25.5. The highest BCUT2D eigenvalue weighted by Crippen LogP contribution is 2.20. The third-order valence-electron chi connectivity index (χ3n) is 14.5. The first kappa shape index (κ1) is 72.8. The topological polar surface area (TPSA) is 509 Å². The van der Waals surface area contributed by atoms with Crippen molar-refractivity contribution >= 4 is 87.8 Å². The number of para-hydroxylation sites is 1. The number of carboxylic acids is 1. The Bertz CT molecular complexity index is 3440. The average Bonchev–Trinajstić information content (AvgIpc) is 1.83. The fourth-order valence-corrected chi connectivity index (χ4v) is 9.72. The van der Waals surface area contributed by atoms with Gasteiger partial charge in [0.05, 0.1) is 25.4 Å². The molecule has 0 aliphatic heterocycles. The number of benzene rings is 4. The lowest BCUT2D eigenvalue weighted by Gasteiger charge is -2.26. The first-order valence-corrected chi connectivity index (χ1v) is 29.9. The number of nitrogens with one attached hydrogen (secondary N) is 12. The summed E-state index contributed by atoms with van der Waals surface area (Å²) in [6.07, 6.45) is -0.366. The van der Waals surface area contributed by atoms with E-state index in [1.54, 1.807) is 105 Å². The molecule has 0 aliphatic rings. The Kier molecular flexibility index (Phi) is 28.2. The predicted molar refractivity (Wildman–Crippen MR) is 340 cm³/mol. The van der Waals surface area contributed by atoms with Crippen molar-refractivity contribution in [1.82, 2.24) is 58.2 Å². The highest BCUT2D eigenvalue weighted by atomic mass is 16.4. The van der Waals surface area contributed by atoms with Gasteiger partial charge in [0.1, 0.15) is 54.1 Å². The van der Waals surface area contributed by atoms with Crippen molar-refractivity contribution in [3.05, 3.63) is 138 Å². The summed E-state index contributed by atoms with van der Waals surface area (Å²) in [5.74, 6) is -12.5. The van der Waals surface area contributed by atoms with Gasteiger partial charge in [0.2, 0.25) is 65.0 Å². The number of aliphatic carboxylic acids is 1. The first-order chi connectivity index (χ1) is 44.1. The van der Waals surface area contributed by atoms with Crippen LogP contribution in [0.1, 0.15) is 75.1 Å². The van der Waals surface area contributed by atoms with Crippen LogP contribution in [0.2, 0.25) is 0 Å². The van der Waals surface area contributed by atoms with Crippen LogP contribution in [-0.2, 0) is 83.2 Å². The van der Waals surface area contributed by atoms with Crippen LogP contribution in [0.15, 0.2) is 115 Å². The lowest BCUT2D eigenvalue weighted by molar-refractivity contribution is -0.142. The molecule has 0 fully saturated rings. The summed E-state index contributed by atoms with van der Waals surface area (Å²) >= 11 is 0. The number of carboxylic acid groups (broad SMARTS) is 1. The number of hydrogen-bond acceptors (Lipinski definition) is 15. The first-order valence-electron chi connectivity index (χ1n) is 29.9. The lowest BCUT2D eigenvalue weighted by atomic mass is 10.0. The number of guanidine groups is 1. The monoisotopic (exact) mass is 1290 g/mol. The Morgan fingerprint density at radius 1 is 0.495 bits per heavy atom. The van der Waals surface area contributed by atoms with Crippen molar-refractivity contribution in [3.63, 3.8) is 0 Å². The molecule has 0 bridgehead atoms. The van der Waals surface area contributed by atoms with Crippen molar-refractivity contribution in [1.29, 1.82) is 5.41 Å². The normalized spacial score (nSPS) is 13.9. The number of primary amides is 2. The molecule has 30 nitrogen and oxygen atoms in total. The smallest absolute Gasteiger partial charge is 0.326 e. The number of aromatic amines is 1. The van der Waals surface area contributed by atoms with Gasteiger partial charge < -0.3 is 91.3 Å². The number of carbonyl (C=O) groups is 12. The van der Waals surface area contributed by atoms with Crippen molar-refractivity contribution in [2.24, 2.45) is 28.9 Å². The number of phenols is 1. The van der Waals surface area contributed by atoms with Gasteiger partial charge >= 0.3 is 5.97 Å². The molecule has 93 heavy (non-hydrogen) atoms. The van der Waals surface area contributed by atoms with Gasteiger partial charge in [0.15, 0.2) is 5.96 Å². The zero-order valence-electron chi connectivity index (χ0n) is 51.6. The van der Waals surface area contributed by atoms with Gasteiger partial charge in [0.25, 0.3) is 0 Å². The molecule has 30 heteroatoms. The van der Waals surface area contributed by atoms with Crippen molar-refractivity contribution < 1.29 is 67.7 Å². The summed E-state index contributed by atoms with van der Waals surface area (Å²) in [7, 11) is 0. The Balaban J connectivity index is 1.28. The van der Waals surface area contributed by atoms with Gasteiger partial charge in [-0.15, -0.1) is 0 Å². The van der Waals surface area contributed by atoms with E-state index in [0.29, 0.717) is 33.2 Å². The molecule has 11 amide bonds. The molecule has 0 spiro atoms. The van der Waals surface area contributed by atoms with Crippen LogP contribution in [0.25, 0.3) is 10.9 Å². The van der Waals surface area contributed by atoms with E-state index in [9.17, 15) is 67.7 Å². The number of hydrogen-bond donors (Lipinski definition) is 18. The molecule has 5 aromatic rings. The number of carbonyl (C=O) groups excluding carboxylic acids is 11. The highest BCUT2D eigenvalue weighted by molar-refractivity contribution is 6.00. The number of phenolic OH excluding ortho intramolecular Hbond substituents is 1. The largest absolute Gasteiger partial charge is 0.508 e. The minimum absolute atomic E-state index is 0.0276. The second kappa shape index (κ2) is 36.1. The van der Waals surface area contributed by atoms with Gasteiger partial charge in [-0.3, -0.25) is 58.1 Å². The predicted octanol–water partition coefficient (Wildman–Crippen LogP) is -2.37. The number of amides is 11. The SMILES string of the molecule is CC(C)C[C@H](NC(=O)CNC(=O)[C@H](Cc1ccccc1)NC(=O)[C@H](C)NC(=O)[C@H](CC(N)=O)NC(=O)[C@H](Cc1c[nH]c2ccccc12)NC(=O)[C@H](CC(N)=O)NC(=O)[C@@H](N)Cc1ccc(O)cc1)C(=O)N[C@@H](CCCNC(=N)N)C(=O)N[C@@H](Cc1ccccc1)C(=O)O. The standard InChI is InChI=1S/C63H82N16O14/c1-34(2)25-45(59(89)74-44(19-12-24-69-63(67)68)57(87)79-50(62(92)93)28-37-15-8-5-9-16-37)73-53(83)33-71-56(86)46(27-36-13-6-4-7-14-36)75-54(84)35(3)72-58(88)48(30-51(65)81)78-60(90)47(29-39-32-70-43-18-11-10-17-41(39)43)77-61(91)49(31-52(66)82)76-55(85)42(64)26-38-20-22-40(80)23-21-38/h4-11,13-18,20-23,32,34-35,42,44-50,70,80H,12,19,24-31,33,64H2,1-3H3,(H2,65,81)(H2,66,82)(H,71,86)(H,72,88)(H,73,83)(H,74,89)(H,75,84)(H,76,85)(H,77,91)(H,78,90)(H,79,87)(H,92,93)(H4,67,68,69)/t35-,42-,44-,45-,46-,47-,48-,49-,50-/m0/s1. The van der Waals surface area contributed by atoms with Gasteiger partial charge in [0, 0.05) is 42.9 Å². The van der Waals surface area contributed by atoms with Gasteiger partial charge in [-0.1, -0.05) is 105 Å². The van der Waals surface area contributed by atoms with E-state index in [4.69, 9.17) is 28.3 Å². The minimum Gasteiger partial charge on any atom is -0.508 e.